The van der Waals surface area contributed by atoms with E-state index in [1.807, 2.05) is 56.9 Å². The fourth-order valence-corrected chi connectivity index (χ4v) is 2.48. The average molecular weight is 300 g/mol. The van der Waals surface area contributed by atoms with Crippen molar-refractivity contribution in [2.75, 3.05) is 18.9 Å². The van der Waals surface area contributed by atoms with Crippen LogP contribution in [0.3, 0.4) is 0 Å². The summed E-state index contributed by atoms with van der Waals surface area (Å²) in [7, 11) is 3.76. The molecular weight excluding hydrogens is 276 g/mol. The Kier molecular flexibility index (Phi) is 4.85. The predicted octanol–water partition coefficient (Wildman–Crippen LogP) is 3.05. The summed E-state index contributed by atoms with van der Waals surface area (Å²) >= 11 is 0. The Labute approximate surface area is 131 Å². The van der Waals surface area contributed by atoms with Gasteiger partial charge in [0.25, 0.3) is 0 Å². The highest BCUT2D eigenvalue weighted by atomic mass is 16.2. The van der Waals surface area contributed by atoms with Gasteiger partial charge in [0, 0.05) is 32.0 Å². The summed E-state index contributed by atoms with van der Waals surface area (Å²) < 4.78 is 1.89. The summed E-state index contributed by atoms with van der Waals surface area (Å²) in [5, 5.41) is 7.36. The lowest BCUT2D eigenvalue weighted by molar-refractivity contribution is 0.223. The number of nitrogens with zero attached hydrogens (tertiary/aromatic N) is 3. The lowest BCUT2D eigenvalue weighted by atomic mass is 10.1. The number of likely N-dealkylation sites (N-methyl/N-ethyl adjacent to an activating group) is 1. The van der Waals surface area contributed by atoms with E-state index in [-0.39, 0.29) is 6.03 Å². The topological polar surface area (TPSA) is 50.2 Å². The monoisotopic (exact) mass is 300 g/mol. The van der Waals surface area contributed by atoms with Gasteiger partial charge in [-0.2, -0.15) is 5.10 Å². The number of carbonyl (C=O) groups excluding carboxylic acids is 1. The van der Waals surface area contributed by atoms with Crippen molar-refractivity contribution >= 4 is 11.7 Å². The molecule has 0 radical (unpaired) electrons. The van der Waals surface area contributed by atoms with E-state index in [9.17, 15) is 4.79 Å². The Morgan fingerprint density at radius 2 is 1.95 bits per heavy atom. The largest absolute Gasteiger partial charge is 0.327 e. The number of rotatable bonds is 4. The van der Waals surface area contributed by atoms with Gasteiger partial charge in [0.15, 0.2) is 0 Å². The Morgan fingerprint density at radius 3 is 2.55 bits per heavy atom. The number of urea groups is 1. The molecule has 2 rings (SSSR count). The van der Waals surface area contributed by atoms with Crippen LogP contribution >= 0.6 is 0 Å². The highest BCUT2D eigenvalue weighted by Crippen LogP contribution is 2.15. The second-order valence-corrected chi connectivity index (χ2v) is 5.69. The van der Waals surface area contributed by atoms with Gasteiger partial charge < -0.3 is 10.2 Å². The van der Waals surface area contributed by atoms with Crippen molar-refractivity contribution in [3.05, 3.63) is 46.8 Å². The fraction of sp³-hybridized carbons (Fsp3) is 0.412. The molecule has 0 saturated carbocycles. The maximum Gasteiger partial charge on any atom is 0.321 e. The summed E-state index contributed by atoms with van der Waals surface area (Å²) in [6.07, 6.45) is 0.809. The van der Waals surface area contributed by atoms with Crippen LogP contribution in [0.2, 0.25) is 0 Å². The molecule has 0 atom stereocenters. The number of amides is 2. The highest BCUT2D eigenvalue weighted by Gasteiger charge is 2.13. The molecule has 118 valence electrons. The molecule has 2 aromatic rings. The zero-order valence-corrected chi connectivity index (χ0v) is 14.0. The van der Waals surface area contributed by atoms with E-state index in [1.54, 1.807) is 4.90 Å². The van der Waals surface area contributed by atoms with Gasteiger partial charge in [0.05, 0.1) is 5.69 Å². The Balaban J connectivity index is 1.96. The van der Waals surface area contributed by atoms with Crippen molar-refractivity contribution in [2.24, 2.45) is 7.05 Å². The van der Waals surface area contributed by atoms with E-state index < -0.39 is 0 Å². The molecule has 0 aliphatic carbocycles. The fourth-order valence-electron chi connectivity index (χ4n) is 2.48. The van der Waals surface area contributed by atoms with Crippen LogP contribution in [-0.2, 0) is 13.5 Å². The van der Waals surface area contributed by atoms with Gasteiger partial charge in [0.1, 0.15) is 0 Å². The number of carbonyl (C=O) groups is 1. The van der Waals surface area contributed by atoms with Crippen LogP contribution in [0.15, 0.2) is 24.3 Å². The van der Waals surface area contributed by atoms with Crippen molar-refractivity contribution in [2.45, 2.75) is 27.2 Å². The van der Waals surface area contributed by atoms with Crippen LogP contribution in [0.4, 0.5) is 10.5 Å². The van der Waals surface area contributed by atoms with Crippen LogP contribution in [-0.4, -0.2) is 34.3 Å². The van der Waals surface area contributed by atoms with Crippen LogP contribution in [0.1, 0.15) is 22.5 Å². The molecule has 5 nitrogen and oxygen atoms in total. The van der Waals surface area contributed by atoms with Gasteiger partial charge in [-0.05, 0) is 44.4 Å². The molecule has 0 aliphatic heterocycles. The van der Waals surface area contributed by atoms with Crippen LogP contribution in [0.5, 0.6) is 0 Å². The summed E-state index contributed by atoms with van der Waals surface area (Å²) in [6.45, 7) is 6.71. The van der Waals surface area contributed by atoms with Crippen LogP contribution in [0.25, 0.3) is 0 Å². The van der Waals surface area contributed by atoms with Gasteiger partial charge in [-0.25, -0.2) is 4.79 Å². The summed E-state index contributed by atoms with van der Waals surface area (Å²) in [5.74, 6) is 0. The minimum absolute atomic E-state index is 0.0894. The third-order valence-electron chi connectivity index (χ3n) is 4.09. The average Bonchev–Trinajstić information content (AvgIpc) is 2.72. The van der Waals surface area contributed by atoms with Gasteiger partial charge in [-0.3, -0.25) is 4.68 Å². The first-order chi connectivity index (χ1) is 10.4. The number of aryl methyl sites for hydroxylation is 3. The molecule has 0 fully saturated rings. The molecule has 0 saturated heterocycles. The number of aromatic nitrogens is 2. The first kappa shape index (κ1) is 16.1. The minimum atomic E-state index is -0.0894. The molecule has 2 amide bonds. The van der Waals surface area contributed by atoms with E-state index in [0.717, 1.165) is 29.1 Å². The molecule has 0 aliphatic rings. The van der Waals surface area contributed by atoms with Crippen LogP contribution < -0.4 is 5.32 Å². The standard InChI is InChI=1S/C17H24N4O/c1-12-8-6-7-9-16(12)18-17(22)20(4)11-10-15-13(2)19-21(5)14(15)3/h6-9H,10-11H2,1-5H3,(H,18,22). The Morgan fingerprint density at radius 1 is 1.27 bits per heavy atom. The van der Waals surface area contributed by atoms with E-state index >= 15 is 0 Å². The number of hydrogen-bond donors (Lipinski definition) is 1. The van der Waals surface area contributed by atoms with Crippen molar-refractivity contribution in [3.63, 3.8) is 0 Å². The normalized spacial score (nSPS) is 10.6. The second kappa shape index (κ2) is 6.64. The first-order valence-electron chi connectivity index (χ1n) is 7.47. The van der Waals surface area contributed by atoms with Crippen molar-refractivity contribution in [1.82, 2.24) is 14.7 Å². The molecule has 0 unspecified atom stereocenters. The van der Waals surface area contributed by atoms with E-state index in [2.05, 4.69) is 17.3 Å². The minimum Gasteiger partial charge on any atom is -0.327 e. The van der Waals surface area contributed by atoms with Gasteiger partial charge >= 0.3 is 6.03 Å². The predicted molar refractivity (Wildman–Crippen MR) is 89.2 cm³/mol. The molecule has 1 N–H and O–H groups in total. The van der Waals surface area contributed by atoms with Crippen LogP contribution in [0, 0.1) is 20.8 Å². The number of nitrogens with one attached hydrogen (secondary N) is 1. The van der Waals surface area contributed by atoms with Gasteiger partial charge in [0.2, 0.25) is 0 Å². The van der Waals surface area contributed by atoms with Gasteiger partial charge in [-0.15, -0.1) is 0 Å². The molecular formula is C17H24N4O. The van der Waals surface area contributed by atoms with Crippen molar-refractivity contribution < 1.29 is 4.79 Å². The lowest BCUT2D eigenvalue weighted by Crippen LogP contribution is -2.33. The lowest BCUT2D eigenvalue weighted by Gasteiger charge is -2.19. The molecule has 0 bridgehead atoms. The number of anilines is 1. The molecule has 5 heteroatoms. The third-order valence-corrected chi connectivity index (χ3v) is 4.09. The molecule has 1 aromatic heterocycles. The zero-order valence-electron chi connectivity index (χ0n) is 14.0. The number of para-hydroxylation sites is 1. The second-order valence-electron chi connectivity index (χ2n) is 5.69. The molecule has 1 heterocycles. The Hall–Kier alpha value is -2.30. The van der Waals surface area contributed by atoms with E-state index in [0.29, 0.717) is 6.54 Å². The van der Waals surface area contributed by atoms with E-state index in [1.165, 1.54) is 5.56 Å². The molecule has 1 aromatic carbocycles. The van der Waals surface area contributed by atoms with E-state index in [4.69, 9.17) is 0 Å². The summed E-state index contributed by atoms with van der Waals surface area (Å²) in [4.78, 5) is 14.0. The Bertz CT molecular complexity index is 675. The smallest absolute Gasteiger partial charge is 0.321 e. The summed E-state index contributed by atoms with van der Waals surface area (Å²) in [5.41, 5.74) is 5.33. The van der Waals surface area contributed by atoms with Gasteiger partial charge in [-0.1, -0.05) is 18.2 Å². The third kappa shape index (κ3) is 3.47. The number of benzene rings is 1. The first-order valence-corrected chi connectivity index (χ1v) is 7.47. The van der Waals surface area contributed by atoms with Crippen molar-refractivity contribution in [1.29, 1.82) is 0 Å². The quantitative estimate of drug-likeness (QED) is 0.943. The maximum atomic E-state index is 12.3. The van der Waals surface area contributed by atoms with Crippen molar-refractivity contribution in [3.8, 4) is 0 Å². The zero-order chi connectivity index (χ0) is 16.3. The summed E-state index contributed by atoms with van der Waals surface area (Å²) in [6, 6.07) is 7.69. The SMILES string of the molecule is Cc1ccccc1NC(=O)N(C)CCc1c(C)nn(C)c1C. The maximum absolute atomic E-state index is 12.3. The number of hydrogen-bond acceptors (Lipinski definition) is 2. The molecule has 22 heavy (non-hydrogen) atoms. The highest BCUT2D eigenvalue weighted by molar-refractivity contribution is 5.89. The molecule has 0 spiro atoms.